The van der Waals surface area contributed by atoms with Gasteiger partial charge in [-0.2, -0.15) is 0 Å². The summed E-state index contributed by atoms with van der Waals surface area (Å²) in [5.74, 6) is -0.389. The Morgan fingerprint density at radius 2 is 2.08 bits per heavy atom. The van der Waals surface area contributed by atoms with E-state index in [4.69, 9.17) is 0 Å². The molecule has 1 aromatic rings. The van der Waals surface area contributed by atoms with Crippen LogP contribution in [0.1, 0.15) is 13.3 Å². The first-order chi connectivity index (χ1) is 6.33. The lowest BCUT2D eigenvalue weighted by Gasteiger charge is -1.90. The van der Waals surface area contributed by atoms with Crippen molar-refractivity contribution in [1.29, 1.82) is 0 Å². The minimum Gasteiger partial charge on any atom is -0.300 e. The second kappa shape index (κ2) is 5.03. The van der Waals surface area contributed by atoms with E-state index in [2.05, 4.69) is 15.2 Å². The van der Waals surface area contributed by atoms with Gasteiger partial charge in [0.25, 0.3) is 0 Å². The summed E-state index contributed by atoms with van der Waals surface area (Å²) in [6.45, 7) is 1.69. The summed E-state index contributed by atoms with van der Waals surface area (Å²) in [4.78, 5) is 15.0. The number of carbonyl (C=O) groups excluding carboxylic acids is 1. The van der Waals surface area contributed by atoms with E-state index in [0.29, 0.717) is 12.1 Å². The summed E-state index contributed by atoms with van der Waals surface area (Å²) >= 11 is 0. The van der Waals surface area contributed by atoms with Crippen LogP contribution in [-0.2, 0) is 9.63 Å². The lowest BCUT2D eigenvalue weighted by Crippen LogP contribution is -1.94. The van der Waals surface area contributed by atoms with E-state index in [-0.39, 0.29) is 5.97 Å². The van der Waals surface area contributed by atoms with Crippen molar-refractivity contribution in [3.8, 4) is 0 Å². The van der Waals surface area contributed by atoms with Crippen molar-refractivity contribution in [2.45, 2.75) is 13.3 Å². The Morgan fingerprint density at radius 3 is 2.69 bits per heavy atom. The van der Waals surface area contributed by atoms with Crippen LogP contribution in [0.3, 0.4) is 0 Å². The highest BCUT2D eigenvalue weighted by atomic mass is 16.7. The zero-order valence-corrected chi connectivity index (χ0v) is 7.30. The highest BCUT2D eigenvalue weighted by Crippen LogP contribution is 2.09. The summed E-state index contributed by atoms with van der Waals surface area (Å²) < 4.78 is 0. The fourth-order valence-corrected chi connectivity index (χ4v) is 0.672. The molecule has 4 nitrogen and oxygen atoms in total. The maximum absolute atomic E-state index is 10.6. The molecule has 0 aliphatic heterocycles. The molecule has 0 radical (unpaired) electrons. The molecule has 0 bridgehead atoms. The molecule has 13 heavy (non-hydrogen) atoms. The number of hydrogen-bond acceptors (Lipinski definition) is 4. The van der Waals surface area contributed by atoms with Crippen molar-refractivity contribution in [3.63, 3.8) is 0 Å². The van der Waals surface area contributed by atoms with Crippen molar-refractivity contribution in [2.24, 2.45) is 10.4 Å². The highest BCUT2D eigenvalue weighted by molar-refractivity contribution is 5.68. The molecule has 0 aromatic heterocycles. The van der Waals surface area contributed by atoms with Crippen LogP contribution in [0.5, 0.6) is 0 Å². The molecule has 0 aliphatic carbocycles. The van der Waals surface area contributed by atoms with Gasteiger partial charge < -0.3 is 0 Å². The Bertz CT molecular complexity index is 296. The van der Waals surface area contributed by atoms with Crippen molar-refractivity contribution in [1.82, 2.24) is 0 Å². The minimum absolute atomic E-state index is 0.299. The third-order valence-corrected chi connectivity index (χ3v) is 1.34. The van der Waals surface area contributed by atoms with Gasteiger partial charge in [-0.1, -0.05) is 25.1 Å². The molecule has 1 rings (SSSR count). The number of rotatable bonds is 3. The van der Waals surface area contributed by atoms with E-state index in [0.717, 1.165) is 0 Å². The summed E-state index contributed by atoms with van der Waals surface area (Å²) in [6.07, 6.45) is 0.299. The molecule has 0 atom stereocenters. The van der Waals surface area contributed by atoms with Crippen molar-refractivity contribution in [3.05, 3.63) is 30.3 Å². The van der Waals surface area contributed by atoms with Gasteiger partial charge in [-0.15, -0.1) is 5.11 Å². The van der Waals surface area contributed by atoms with Crippen LogP contribution in [0.25, 0.3) is 0 Å². The molecule has 0 heterocycles. The largest absolute Gasteiger partial charge is 0.336 e. The quantitative estimate of drug-likeness (QED) is 0.527. The first kappa shape index (κ1) is 9.38. The van der Waals surface area contributed by atoms with E-state index in [1.54, 1.807) is 19.1 Å². The molecule has 0 saturated heterocycles. The molecule has 4 heteroatoms. The molecular weight excluding hydrogens is 168 g/mol. The van der Waals surface area contributed by atoms with Gasteiger partial charge in [-0.3, -0.25) is 4.84 Å². The fourth-order valence-electron chi connectivity index (χ4n) is 0.672. The van der Waals surface area contributed by atoms with Gasteiger partial charge in [-0.05, 0) is 12.1 Å². The summed E-state index contributed by atoms with van der Waals surface area (Å²) in [7, 11) is 0. The summed E-state index contributed by atoms with van der Waals surface area (Å²) in [5, 5.41) is 6.96. The van der Waals surface area contributed by atoms with Crippen LogP contribution in [0, 0.1) is 0 Å². The van der Waals surface area contributed by atoms with E-state index in [1.165, 1.54) is 0 Å². The maximum Gasteiger partial charge on any atom is 0.336 e. The molecular formula is C9H10N2O2. The lowest BCUT2D eigenvalue weighted by molar-refractivity contribution is -0.144. The Balaban J connectivity index is 2.45. The van der Waals surface area contributed by atoms with Gasteiger partial charge in [0.05, 0.1) is 5.69 Å². The lowest BCUT2D eigenvalue weighted by atomic mass is 10.3. The Kier molecular flexibility index (Phi) is 3.63. The average Bonchev–Trinajstić information content (AvgIpc) is 2.19. The van der Waals surface area contributed by atoms with Crippen LogP contribution in [-0.4, -0.2) is 5.97 Å². The highest BCUT2D eigenvalue weighted by Gasteiger charge is 1.94. The van der Waals surface area contributed by atoms with E-state index >= 15 is 0 Å². The first-order valence-corrected chi connectivity index (χ1v) is 3.99. The Labute approximate surface area is 76.2 Å². The number of benzene rings is 1. The molecule has 1 aromatic carbocycles. The van der Waals surface area contributed by atoms with Crippen LogP contribution < -0.4 is 0 Å². The van der Waals surface area contributed by atoms with E-state index in [1.807, 2.05) is 18.2 Å². The standard InChI is InChI=1S/C9H10N2O2/c1-2-9(12)13-11-10-8-6-4-3-5-7-8/h3-7H,2H2,1H3/b11-10+. The molecule has 0 N–H and O–H groups in total. The summed E-state index contributed by atoms with van der Waals surface area (Å²) in [5.41, 5.74) is 0.659. The molecule has 0 fully saturated rings. The second-order valence-electron chi connectivity index (χ2n) is 2.33. The van der Waals surface area contributed by atoms with Gasteiger partial charge in [-0.25, -0.2) is 4.79 Å². The normalized spacial score (nSPS) is 10.2. The maximum atomic E-state index is 10.6. The van der Waals surface area contributed by atoms with Crippen molar-refractivity contribution >= 4 is 11.7 Å². The SMILES string of the molecule is CCC(=O)O/N=N/c1ccccc1. The predicted molar refractivity (Wildman–Crippen MR) is 47.3 cm³/mol. The number of carbonyl (C=O) groups is 1. The third-order valence-electron chi connectivity index (χ3n) is 1.34. The van der Waals surface area contributed by atoms with E-state index in [9.17, 15) is 4.79 Å². The molecule has 0 amide bonds. The number of nitrogens with zero attached hydrogens (tertiary/aromatic N) is 2. The van der Waals surface area contributed by atoms with Crippen molar-refractivity contribution < 1.29 is 9.63 Å². The monoisotopic (exact) mass is 178 g/mol. The van der Waals surface area contributed by atoms with Crippen LogP contribution in [0.15, 0.2) is 40.7 Å². The van der Waals surface area contributed by atoms with Gasteiger partial charge in [0.2, 0.25) is 0 Å². The Hall–Kier alpha value is -1.71. The fraction of sp³-hybridized carbons (Fsp3) is 0.222. The molecule has 0 saturated carbocycles. The molecule has 0 spiro atoms. The Morgan fingerprint density at radius 1 is 1.38 bits per heavy atom. The smallest absolute Gasteiger partial charge is 0.300 e. The van der Waals surface area contributed by atoms with Gasteiger partial charge >= 0.3 is 5.97 Å². The molecule has 0 unspecified atom stereocenters. The van der Waals surface area contributed by atoms with Crippen LogP contribution in [0.4, 0.5) is 5.69 Å². The minimum atomic E-state index is -0.389. The molecule has 0 aliphatic rings. The van der Waals surface area contributed by atoms with Gasteiger partial charge in [0.15, 0.2) is 0 Å². The average molecular weight is 178 g/mol. The van der Waals surface area contributed by atoms with Gasteiger partial charge in [0, 0.05) is 11.7 Å². The van der Waals surface area contributed by atoms with Crippen LogP contribution in [0.2, 0.25) is 0 Å². The van der Waals surface area contributed by atoms with E-state index < -0.39 is 0 Å². The van der Waals surface area contributed by atoms with Gasteiger partial charge in [0.1, 0.15) is 0 Å². The first-order valence-electron chi connectivity index (χ1n) is 3.99. The topological polar surface area (TPSA) is 51.0 Å². The second-order valence-corrected chi connectivity index (χ2v) is 2.33. The number of hydrogen-bond donors (Lipinski definition) is 0. The zero-order valence-electron chi connectivity index (χ0n) is 7.30. The third kappa shape index (κ3) is 3.46. The zero-order chi connectivity index (χ0) is 9.52. The predicted octanol–water partition coefficient (Wildman–Crippen LogP) is 2.64. The summed E-state index contributed by atoms with van der Waals surface area (Å²) in [6, 6.07) is 9.07. The van der Waals surface area contributed by atoms with Crippen molar-refractivity contribution in [2.75, 3.05) is 0 Å². The molecule has 68 valence electrons. The van der Waals surface area contributed by atoms with Crippen LogP contribution >= 0.6 is 0 Å².